The Morgan fingerprint density at radius 2 is 2.07 bits per heavy atom. The SMILES string of the molecule is CC1CCC2=CC(=O)CC[C@]2(C)C1=O. The van der Waals surface area contributed by atoms with Crippen molar-refractivity contribution in [1.29, 1.82) is 0 Å². The van der Waals surface area contributed by atoms with Crippen molar-refractivity contribution in [2.45, 2.75) is 39.5 Å². The molecule has 14 heavy (non-hydrogen) atoms. The van der Waals surface area contributed by atoms with Crippen LogP contribution in [0, 0.1) is 11.3 Å². The number of hydrogen-bond donors (Lipinski definition) is 0. The van der Waals surface area contributed by atoms with Crippen LogP contribution >= 0.6 is 0 Å². The third kappa shape index (κ3) is 1.24. The summed E-state index contributed by atoms with van der Waals surface area (Å²) in [7, 11) is 0. The van der Waals surface area contributed by atoms with Gasteiger partial charge in [0, 0.05) is 17.8 Å². The van der Waals surface area contributed by atoms with E-state index in [0.717, 1.165) is 24.8 Å². The summed E-state index contributed by atoms with van der Waals surface area (Å²) >= 11 is 0. The van der Waals surface area contributed by atoms with Gasteiger partial charge >= 0.3 is 0 Å². The summed E-state index contributed by atoms with van der Waals surface area (Å²) in [5, 5.41) is 0. The van der Waals surface area contributed by atoms with E-state index in [-0.39, 0.29) is 17.1 Å². The molecular formula is C12H16O2. The standard InChI is InChI=1S/C12H16O2/c1-8-3-4-9-7-10(13)5-6-12(9,2)11(8)14/h7-8H,3-6H2,1-2H3/t8?,12-/m0/s1. The van der Waals surface area contributed by atoms with Gasteiger partial charge in [-0.1, -0.05) is 12.5 Å². The Bertz CT molecular complexity index is 327. The summed E-state index contributed by atoms with van der Waals surface area (Å²) in [5.74, 6) is 0.702. The third-order valence-electron chi connectivity index (χ3n) is 3.75. The quantitative estimate of drug-likeness (QED) is 0.590. The van der Waals surface area contributed by atoms with E-state index in [4.69, 9.17) is 0 Å². The molecule has 0 saturated heterocycles. The fourth-order valence-corrected chi connectivity index (χ4v) is 2.64. The minimum atomic E-state index is -0.314. The van der Waals surface area contributed by atoms with E-state index in [1.165, 1.54) is 0 Å². The fourth-order valence-electron chi connectivity index (χ4n) is 2.64. The van der Waals surface area contributed by atoms with Crippen molar-refractivity contribution >= 4 is 11.6 Å². The molecule has 2 aliphatic carbocycles. The average Bonchev–Trinajstić information content (AvgIpc) is 2.16. The van der Waals surface area contributed by atoms with Gasteiger partial charge in [0.2, 0.25) is 0 Å². The zero-order chi connectivity index (χ0) is 10.3. The number of hydrogen-bond acceptors (Lipinski definition) is 2. The minimum absolute atomic E-state index is 0.172. The smallest absolute Gasteiger partial charge is 0.155 e. The highest BCUT2D eigenvalue weighted by Crippen LogP contribution is 2.45. The van der Waals surface area contributed by atoms with E-state index in [9.17, 15) is 9.59 Å². The number of carbonyl (C=O) groups excluding carboxylic acids is 2. The van der Waals surface area contributed by atoms with E-state index in [1.54, 1.807) is 6.08 Å². The van der Waals surface area contributed by atoms with Crippen molar-refractivity contribution in [3.63, 3.8) is 0 Å². The molecule has 2 heteroatoms. The Hall–Kier alpha value is -0.920. The van der Waals surface area contributed by atoms with Gasteiger partial charge in [-0.25, -0.2) is 0 Å². The summed E-state index contributed by atoms with van der Waals surface area (Å²) in [6.45, 7) is 4.00. The van der Waals surface area contributed by atoms with E-state index in [1.807, 2.05) is 13.8 Å². The van der Waals surface area contributed by atoms with Crippen LogP contribution in [-0.2, 0) is 9.59 Å². The molecule has 2 rings (SSSR count). The van der Waals surface area contributed by atoms with Crippen molar-refractivity contribution < 1.29 is 9.59 Å². The van der Waals surface area contributed by atoms with Gasteiger partial charge in [0.1, 0.15) is 5.78 Å². The fraction of sp³-hybridized carbons (Fsp3) is 0.667. The van der Waals surface area contributed by atoms with Crippen LogP contribution in [-0.4, -0.2) is 11.6 Å². The molecule has 0 amide bonds. The van der Waals surface area contributed by atoms with Crippen LogP contribution in [0.15, 0.2) is 11.6 Å². The maximum atomic E-state index is 12.0. The third-order valence-corrected chi connectivity index (χ3v) is 3.75. The molecule has 0 bridgehead atoms. The summed E-state index contributed by atoms with van der Waals surface area (Å²) in [6.07, 6.45) is 4.81. The van der Waals surface area contributed by atoms with Crippen molar-refractivity contribution in [3.05, 3.63) is 11.6 Å². The molecule has 76 valence electrons. The van der Waals surface area contributed by atoms with Gasteiger partial charge in [-0.3, -0.25) is 9.59 Å². The van der Waals surface area contributed by atoms with Crippen LogP contribution in [0.5, 0.6) is 0 Å². The van der Waals surface area contributed by atoms with Gasteiger partial charge < -0.3 is 0 Å². The van der Waals surface area contributed by atoms with Crippen molar-refractivity contribution in [1.82, 2.24) is 0 Å². The molecule has 1 fully saturated rings. The Kier molecular flexibility index (Phi) is 2.09. The first-order valence-corrected chi connectivity index (χ1v) is 5.32. The first kappa shape index (κ1) is 9.63. The minimum Gasteiger partial charge on any atom is -0.298 e. The number of Topliss-reactive ketones (excluding diaryl/α,β-unsaturated/α-hetero) is 1. The highest BCUT2D eigenvalue weighted by Gasteiger charge is 2.44. The number of rotatable bonds is 0. The lowest BCUT2D eigenvalue weighted by Gasteiger charge is -2.40. The maximum Gasteiger partial charge on any atom is 0.155 e. The Morgan fingerprint density at radius 1 is 1.36 bits per heavy atom. The first-order valence-electron chi connectivity index (χ1n) is 5.32. The molecule has 2 atom stereocenters. The molecule has 0 aliphatic heterocycles. The monoisotopic (exact) mass is 192 g/mol. The lowest BCUT2D eigenvalue weighted by Crippen LogP contribution is -2.40. The lowest BCUT2D eigenvalue weighted by molar-refractivity contribution is -0.132. The maximum absolute atomic E-state index is 12.0. The van der Waals surface area contributed by atoms with Gasteiger partial charge in [-0.2, -0.15) is 0 Å². The molecule has 2 nitrogen and oxygen atoms in total. The van der Waals surface area contributed by atoms with Gasteiger partial charge in [-0.05, 0) is 32.3 Å². The highest BCUT2D eigenvalue weighted by molar-refractivity contribution is 5.98. The second-order valence-corrected chi connectivity index (χ2v) is 4.77. The molecule has 1 unspecified atom stereocenters. The van der Waals surface area contributed by atoms with Crippen LogP contribution in [0.4, 0.5) is 0 Å². The van der Waals surface area contributed by atoms with Gasteiger partial charge in [0.15, 0.2) is 5.78 Å². The van der Waals surface area contributed by atoms with E-state index in [2.05, 4.69) is 0 Å². The summed E-state index contributed by atoms with van der Waals surface area (Å²) in [6, 6.07) is 0. The van der Waals surface area contributed by atoms with Crippen LogP contribution in [0.3, 0.4) is 0 Å². The zero-order valence-corrected chi connectivity index (χ0v) is 8.80. The Balaban J connectivity index is 2.40. The molecule has 0 aromatic heterocycles. The largest absolute Gasteiger partial charge is 0.298 e. The lowest BCUT2D eigenvalue weighted by atomic mass is 9.62. The summed E-state index contributed by atoms with van der Waals surface area (Å²) in [4.78, 5) is 23.3. The normalized spacial score (nSPS) is 37.9. The van der Waals surface area contributed by atoms with E-state index >= 15 is 0 Å². The van der Waals surface area contributed by atoms with Gasteiger partial charge in [0.25, 0.3) is 0 Å². The molecule has 0 spiro atoms. The first-order chi connectivity index (χ1) is 6.54. The second-order valence-electron chi connectivity index (χ2n) is 4.77. The zero-order valence-electron chi connectivity index (χ0n) is 8.80. The molecule has 0 aromatic rings. The van der Waals surface area contributed by atoms with E-state index < -0.39 is 0 Å². The molecular weight excluding hydrogens is 176 g/mol. The average molecular weight is 192 g/mol. The topological polar surface area (TPSA) is 34.1 Å². The predicted octanol–water partition coefficient (Wildman–Crippen LogP) is 2.28. The predicted molar refractivity (Wildman–Crippen MR) is 53.8 cm³/mol. The molecule has 2 aliphatic rings. The molecule has 1 saturated carbocycles. The Labute approximate surface area is 84.4 Å². The van der Waals surface area contributed by atoms with Gasteiger partial charge in [0.05, 0.1) is 0 Å². The van der Waals surface area contributed by atoms with E-state index in [0.29, 0.717) is 12.2 Å². The van der Waals surface area contributed by atoms with Crippen LogP contribution < -0.4 is 0 Å². The van der Waals surface area contributed by atoms with Crippen molar-refractivity contribution in [2.75, 3.05) is 0 Å². The number of ketones is 2. The van der Waals surface area contributed by atoms with Crippen molar-refractivity contribution in [3.8, 4) is 0 Å². The Morgan fingerprint density at radius 3 is 2.79 bits per heavy atom. The molecule has 0 N–H and O–H groups in total. The number of fused-ring (bicyclic) bond motifs is 1. The number of allylic oxidation sites excluding steroid dienone is 2. The van der Waals surface area contributed by atoms with Crippen LogP contribution in [0.25, 0.3) is 0 Å². The molecule has 0 radical (unpaired) electrons. The van der Waals surface area contributed by atoms with Crippen LogP contribution in [0.2, 0.25) is 0 Å². The molecule has 0 heterocycles. The summed E-state index contributed by atoms with van der Waals surface area (Å²) < 4.78 is 0. The highest BCUT2D eigenvalue weighted by atomic mass is 16.1. The number of carbonyl (C=O) groups is 2. The van der Waals surface area contributed by atoms with Crippen molar-refractivity contribution in [2.24, 2.45) is 11.3 Å². The molecule has 0 aromatic carbocycles. The summed E-state index contributed by atoms with van der Waals surface area (Å²) in [5.41, 5.74) is 0.767. The van der Waals surface area contributed by atoms with Crippen LogP contribution in [0.1, 0.15) is 39.5 Å². The van der Waals surface area contributed by atoms with Gasteiger partial charge in [-0.15, -0.1) is 0 Å². The second kappa shape index (κ2) is 3.04.